The normalized spacial score (nSPS) is 10.1. The van der Waals surface area contributed by atoms with E-state index >= 15 is 0 Å². The number of halogens is 1. The molecule has 0 bridgehead atoms. The Labute approximate surface area is 88.9 Å². The SMILES string of the molecule is Fc1cccc([Se]c2ccccc2)c1. The quantitative estimate of drug-likeness (QED) is 0.709. The van der Waals surface area contributed by atoms with Gasteiger partial charge in [0.2, 0.25) is 0 Å². The third-order valence-electron chi connectivity index (χ3n) is 1.77. The summed E-state index contributed by atoms with van der Waals surface area (Å²) in [5.74, 6) is -0.152. The van der Waals surface area contributed by atoms with Gasteiger partial charge in [-0.05, 0) is 0 Å². The van der Waals surface area contributed by atoms with Crippen LogP contribution in [0.25, 0.3) is 0 Å². The van der Waals surface area contributed by atoms with Gasteiger partial charge < -0.3 is 0 Å². The molecule has 0 aliphatic carbocycles. The van der Waals surface area contributed by atoms with E-state index in [2.05, 4.69) is 12.1 Å². The molecular formula is C12H9FSe. The van der Waals surface area contributed by atoms with E-state index in [0.29, 0.717) is 0 Å². The van der Waals surface area contributed by atoms with Crippen molar-refractivity contribution >= 4 is 23.9 Å². The minimum absolute atomic E-state index is 0.152. The van der Waals surface area contributed by atoms with Crippen LogP contribution in [0.3, 0.4) is 0 Å². The summed E-state index contributed by atoms with van der Waals surface area (Å²) in [6.45, 7) is 0. The molecule has 0 saturated carbocycles. The summed E-state index contributed by atoms with van der Waals surface area (Å²) in [5.41, 5.74) is 0. The summed E-state index contributed by atoms with van der Waals surface area (Å²) in [5, 5.41) is 0. The zero-order valence-electron chi connectivity index (χ0n) is 7.48. The van der Waals surface area contributed by atoms with Crippen LogP contribution in [-0.4, -0.2) is 15.0 Å². The second kappa shape index (κ2) is 4.41. The van der Waals surface area contributed by atoms with E-state index in [0.717, 1.165) is 4.46 Å². The van der Waals surface area contributed by atoms with Gasteiger partial charge in [-0.3, -0.25) is 0 Å². The maximum absolute atomic E-state index is 12.9. The number of hydrogen-bond acceptors (Lipinski definition) is 0. The van der Waals surface area contributed by atoms with Gasteiger partial charge in [-0.15, -0.1) is 0 Å². The standard InChI is InChI=1S/C12H9FSe/c13-10-5-4-8-12(9-10)14-11-6-2-1-3-7-11/h1-9H. The summed E-state index contributed by atoms with van der Waals surface area (Å²) in [6, 6.07) is 17.0. The van der Waals surface area contributed by atoms with Crippen molar-refractivity contribution in [3.05, 3.63) is 60.4 Å². The Morgan fingerprint density at radius 2 is 1.50 bits per heavy atom. The molecule has 2 aromatic rings. The molecule has 0 nitrogen and oxygen atoms in total. The Kier molecular flexibility index (Phi) is 2.97. The topological polar surface area (TPSA) is 0 Å². The molecule has 0 heterocycles. The Balaban J connectivity index is 2.19. The molecule has 0 radical (unpaired) electrons. The number of benzene rings is 2. The predicted molar refractivity (Wildman–Crippen MR) is 57.9 cm³/mol. The molecule has 0 fully saturated rings. The second-order valence-corrected chi connectivity index (χ2v) is 5.28. The molecule has 0 aromatic heterocycles. The average Bonchev–Trinajstić information content (AvgIpc) is 2.19. The van der Waals surface area contributed by atoms with E-state index in [1.54, 1.807) is 12.1 Å². The summed E-state index contributed by atoms with van der Waals surface area (Å²) in [6.07, 6.45) is 0. The molecular weight excluding hydrogens is 242 g/mol. The molecule has 0 atom stereocenters. The van der Waals surface area contributed by atoms with E-state index in [9.17, 15) is 4.39 Å². The first-order valence-electron chi connectivity index (χ1n) is 4.33. The van der Waals surface area contributed by atoms with Gasteiger partial charge in [0.05, 0.1) is 0 Å². The zero-order valence-corrected chi connectivity index (χ0v) is 9.20. The molecule has 14 heavy (non-hydrogen) atoms. The van der Waals surface area contributed by atoms with Crippen molar-refractivity contribution in [1.82, 2.24) is 0 Å². The number of hydrogen-bond donors (Lipinski definition) is 0. The summed E-state index contributed by atoms with van der Waals surface area (Å²) >= 11 is 0.212. The van der Waals surface area contributed by atoms with Gasteiger partial charge in [0.15, 0.2) is 0 Å². The molecule has 0 spiro atoms. The summed E-state index contributed by atoms with van der Waals surface area (Å²) < 4.78 is 15.2. The van der Waals surface area contributed by atoms with Crippen molar-refractivity contribution in [1.29, 1.82) is 0 Å². The van der Waals surface area contributed by atoms with E-state index in [1.807, 2.05) is 24.3 Å². The first-order chi connectivity index (χ1) is 6.84. The van der Waals surface area contributed by atoms with Gasteiger partial charge in [0, 0.05) is 0 Å². The van der Waals surface area contributed by atoms with Crippen LogP contribution in [0.2, 0.25) is 0 Å². The first-order valence-corrected chi connectivity index (χ1v) is 6.04. The van der Waals surface area contributed by atoms with Crippen LogP contribution in [-0.2, 0) is 0 Å². The summed E-state index contributed by atoms with van der Waals surface area (Å²) in [4.78, 5) is 0. The average molecular weight is 251 g/mol. The first kappa shape index (κ1) is 9.44. The minimum atomic E-state index is -0.152. The second-order valence-electron chi connectivity index (χ2n) is 2.87. The third kappa shape index (κ3) is 2.44. The van der Waals surface area contributed by atoms with Crippen LogP contribution in [0.1, 0.15) is 0 Å². The molecule has 70 valence electrons. The van der Waals surface area contributed by atoms with Crippen LogP contribution in [0.4, 0.5) is 4.39 Å². The predicted octanol–water partition coefficient (Wildman–Crippen LogP) is 1.48. The van der Waals surface area contributed by atoms with Crippen molar-refractivity contribution in [3.63, 3.8) is 0 Å². The van der Waals surface area contributed by atoms with Gasteiger partial charge in [0.25, 0.3) is 0 Å². The Morgan fingerprint density at radius 3 is 2.21 bits per heavy atom. The molecule has 0 amide bonds. The van der Waals surface area contributed by atoms with Crippen LogP contribution in [0.15, 0.2) is 54.6 Å². The van der Waals surface area contributed by atoms with Gasteiger partial charge in [-0.2, -0.15) is 0 Å². The van der Waals surface area contributed by atoms with Crippen molar-refractivity contribution in [3.8, 4) is 0 Å². The Hall–Kier alpha value is -1.11. The van der Waals surface area contributed by atoms with Crippen molar-refractivity contribution in [2.45, 2.75) is 0 Å². The van der Waals surface area contributed by atoms with Crippen molar-refractivity contribution in [2.24, 2.45) is 0 Å². The maximum atomic E-state index is 12.9. The fraction of sp³-hybridized carbons (Fsp3) is 0. The molecule has 2 aromatic carbocycles. The van der Waals surface area contributed by atoms with Gasteiger partial charge >= 0.3 is 88.7 Å². The van der Waals surface area contributed by atoms with Crippen molar-refractivity contribution < 1.29 is 4.39 Å². The molecule has 2 heteroatoms. The van der Waals surface area contributed by atoms with E-state index in [1.165, 1.54) is 10.5 Å². The third-order valence-corrected chi connectivity index (χ3v) is 3.87. The van der Waals surface area contributed by atoms with E-state index < -0.39 is 0 Å². The van der Waals surface area contributed by atoms with Crippen LogP contribution in [0, 0.1) is 5.82 Å². The Bertz CT molecular complexity index is 412. The molecule has 0 N–H and O–H groups in total. The van der Waals surface area contributed by atoms with Crippen LogP contribution < -0.4 is 8.92 Å². The Morgan fingerprint density at radius 1 is 0.786 bits per heavy atom. The van der Waals surface area contributed by atoms with Crippen LogP contribution >= 0.6 is 0 Å². The molecule has 0 aliphatic heterocycles. The molecule has 0 saturated heterocycles. The van der Waals surface area contributed by atoms with E-state index in [-0.39, 0.29) is 20.8 Å². The monoisotopic (exact) mass is 252 g/mol. The molecule has 0 aliphatic rings. The fourth-order valence-electron chi connectivity index (χ4n) is 1.16. The fourth-order valence-corrected chi connectivity index (χ4v) is 3.01. The van der Waals surface area contributed by atoms with Crippen molar-refractivity contribution in [2.75, 3.05) is 0 Å². The van der Waals surface area contributed by atoms with Gasteiger partial charge in [-0.25, -0.2) is 0 Å². The molecule has 2 rings (SSSR count). The number of rotatable bonds is 2. The zero-order chi connectivity index (χ0) is 9.80. The van der Waals surface area contributed by atoms with Gasteiger partial charge in [-0.1, -0.05) is 0 Å². The van der Waals surface area contributed by atoms with Crippen LogP contribution in [0.5, 0.6) is 0 Å². The summed E-state index contributed by atoms with van der Waals surface area (Å²) in [7, 11) is 0. The van der Waals surface area contributed by atoms with E-state index in [4.69, 9.17) is 0 Å². The van der Waals surface area contributed by atoms with Gasteiger partial charge in [0.1, 0.15) is 0 Å². The molecule has 0 unspecified atom stereocenters.